The van der Waals surface area contributed by atoms with E-state index < -0.39 is 5.95 Å². The lowest BCUT2D eigenvalue weighted by atomic mass is 10.1. The van der Waals surface area contributed by atoms with Gasteiger partial charge in [-0.1, -0.05) is 23.7 Å². The number of aromatic nitrogens is 1. The molecule has 2 aromatic rings. The molecule has 1 N–H and O–H groups in total. The van der Waals surface area contributed by atoms with Crippen LogP contribution in [0.3, 0.4) is 0 Å². The van der Waals surface area contributed by atoms with Crippen molar-refractivity contribution < 1.29 is 9.50 Å². The lowest BCUT2D eigenvalue weighted by Crippen LogP contribution is -1.87. The summed E-state index contributed by atoms with van der Waals surface area (Å²) in [5, 5.41) is 9.46. The van der Waals surface area contributed by atoms with E-state index in [0.717, 1.165) is 11.1 Å². The summed E-state index contributed by atoms with van der Waals surface area (Å²) in [6, 6.07) is 8.20. The van der Waals surface area contributed by atoms with E-state index in [4.69, 9.17) is 16.7 Å². The molecule has 0 aliphatic rings. The molecule has 0 atom stereocenters. The molecule has 0 saturated heterocycles. The van der Waals surface area contributed by atoms with Gasteiger partial charge in [-0.2, -0.15) is 4.39 Å². The summed E-state index contributed by atoms with van der Waals surface area (Å²) in [6.45, 7) is -0.0964. The van der Waals surface area contributed by atoms with Crippen molar-refractivity contribution in [1.29, 1.82) is 0 Å². The first-order valence-corrected chi connectivity index (χ1v) is 5.09. The SMILES string of the molecule is OCc1ccc(-c2ccc(F)nc2)cc1Cl. The highest BCUT2D eigenvalue weighted by Gasteiger charge is 2.03. The van der Waals surface area contributed by atoms with Crippen molar-refractivity contribution in [3.8, 4) is 11.1 Å². The molecule has 1 aromatic carbocycles. The number of rotatable bonds is 2. The van der Waals surface area contributed by atoms with E-state index in [-0.39, 0.29) is 6.61 Å². The summed E-state index contributed by atoms with van der Waals surface area (Å²) in [5.41, 5.74) is 2.29. The monoisotopic (exact) mass is 237 g/mol. The number of hydrogen-bond acceptors (Lipinski definition) is 2. The van der Waals surface area contributed by atoms with Crippen molar-refractivity contribution in [2.75, 3.05) is 0 Å². The molecular formula is C12H9ClFNO. The van der Waals surface area contributed by atoms with Gasteiger partial charge in [-0.3, -0.25) is 0 Å². The van der Waals surface area contributed by atoms with E-state index >= 15 is 0 Å². The van der Waals surface area contributed by atoms with Crippen LogP contribution < -0.4 is 0 Å². The van der Waals surface area contributed by atoms with Gasteiger partial charge in [0, 0.05) is 16.8 Å². The summed E-state index contributed by atoms with van der Waals surface area (Å²) in [6.07, 6.45) is 1.44. The van der Waals surface area contributed by atoms with Crippen LogP contribution in [0, 0.1) is 5.95 Å². The van der Waals surface area contributed by atoms with E-state index in [2.05, 4.69) is 4.98 Å². The van der Waals surface area contributed by atoms with Crippen molar-refractivity contribution >= 4 is 11.6 Å². The summed E-state index contributed by atoms with van der Waals surface area (Å²) < 4.78 is 12.6. The number of aliphatic hydroxyl groups is 1. The maximum absolute atomic E-state index is 12.6. The van der Waals surface area contributed by atoms with Crippen LogP contribution in [0.2, 0.25) is 5.02 Å². The number of benzene rings is 1. The third kappa shape index (κ3) is 2.21. The Labute approximate surface area is 97.3 Å². The maximum Gasteiger partial charge on any atom is 0.212 e. The smallest absolute Gasteiger partial charge is 0.212 e. The third-order valence-corrected chi connectivity index (χ3v) is 2.64. The number of hydrogen-bond donors (Lipinski definition) is 1. The Morgan fingerprint density at radius 2 is 1.94 bits per heavy atom. The first-order chi connectivity index (χ1) is 7.70. The van der Waals surface area contributed by atoms with Gasteiger partial charge in [0.05, 0.1) is 6.61 Å². The molecule has 0 saturated carbocycles. The van der Waals surface area contributed by atoms with Crippen LogP contribution >= 0.6 is 11.6 Å². The Morgan fingerprint density at radius 3 is 2.50 bits per heavy atom. The second kappa shape index (κ2) is 4.60. The zero-order chi connectivity index (χ0) is 11.5. The van der Waals surface area contributed by atoms with Crippen molar-refractivity contribution in [3.63, 3.8) is 0 Å². The van der Waals surface area contributed by atoms with Gasteiger partial charge in [0.2, 0.25) is 5.95 Å². The quantitative estimate of drug-likeness (QED) is 0.815. The predicted molar refractivity (Wildman–Crippen MR) is 60.6 cm³/mol. The molecule has 16 heavy (non-hydrogen) atoms. The van der Waals surface area contributed by atoms with Gasteiger partial charge >= 0.3 is 0 Å². The molecular weight excluding hydrogens is 229 g/mol. The lowest BCUT2D eigenvalue weighted by Gasteiger charge is -2.04. The van der Waals surface area contributed by atoms with Gasteiger partial charge in [0.1, 0.15) is 0 Å². The van der Waals surface area contributed by atoms with Crippen LogP contribution in [0.15, 0.2) is 36.5 Å². The molecule has 2 rings (SSSR count). The molecule has 0 aliphatic carbocycles. The minimum Gasteiger partial charge on any atom is -0.392 e. The van der Waals surface area contributed by atoms with Gasteiger partial charge in [0.25, 0.3) is 0 Å². The number of aliphatic hydroxyl groups excluding tert-OH is 1. The third-order valence-electron chi connectivity index (χ3n) is 2.28. The summed E-state index contributed by atoms with van der Waals surface area (Å²) in [5.74, 6) is -0.512. The van der Waals surface area contributed by atoms with Gasteiger partial charge in [0.15, 0.2) is 0 Å². The van der Waals surface area contributed by atoms with Crippen LogP contribution in [0.1, 0.15) is 5.56 Å². The Bertz CT molecular complexity index is 499. The van der Waals surface area contributed by atoms with E-state index in [1.807, 2.05) is 6.07 Å². The molecule has 0 bridgehead atoms. The molecule has 1 aromatic heterocycles. The molecule has 0 amide bonds. The highest BCUT2D eigenvalue weighted by Crippen LogP contribution is 2.25. The number of nitrogens with zero attached hydrogens (tertiary/aromatic N) is 1. The summed E-state index contributed by atoms with van der Waals surface area (Å²) in [4.78, 5) is 3.57. The topological polar surface area (TPSA) is 33.1 Å². The lowest BCUT2D eigenvalue weighted by molar-refractivity contribution is 0.282. The van der Waals surface area contributed by atoms with E-state index in [1.54, 1.807) is 18.2 Å². The fraction of sp³-hybridized carbons (Fsp3) is 0.0833. The van der Waals surface area contributed by atoms with Crippen LogP contribution in [0.5, 0.6) is 0 Å². The number of halogens is 2. The Kier molecular flexibility index (Phi) is 3.17. The molecule has 0 unspecified atom stereocenters. The largest absolute Gasteiger partial charge is 0.392 e. The van der Waals surface area contributed by atoms with Gasteiger partial charge in [-0.25, -0.2) is 4.98 Å². The first-order valence-electron chi connectivity index (χ1n) is 4.72. The molecule has 0 aliphatic heterocycles. The van der Waals surface area contributed by atoms with Crippen molar-refractivity contribution in [2.24, 2.45) is 0 Å². The van der Waals surface area contributed by atoms with Crippen LogP contribution in [0.25, 0.3) is 11.1 Å². The molecule has 0 fully saturated rings. The standard InChI is InChI=1S/C12H9ClFNO/c13-11-5-8(1-2-10(11)7-16)9-3-4-12(14)15-6-9/h1-6,16H,7H2. The minimum atomic E-state index is -0.512. The molecule has 82 valence electrons. The fourth-order valence-corrected chi connectivity index (χ4v) is 1.64. The Balaban J connectivity index is 2.41. The molecule has 2 nitrogen and oxygen atoms in total. The average molecular weight is 238 g/mol. The summed E-state index contributed by atoms with van der Waals surface area (Å²) >= 11 is 5.96. The highest BCUT2D eigenvalue weighted by molar-refractivity contribution is 6.31. The molecule has 0 radical (unpaired) electrons. The van der Waals surface area contributed by atoms with Gasteiger partial charge < -0.3 is 5.11 Å². The Hall–Kier alpha value is -1.45. The zero-order valence-corrected chi connectivity index (χ0v) is 9.08. The number of pyridine rings is 1. The normalized spacial score (nSPS) is 10.4. The highest BCUT2D eigenvalue weighted by atomic mass is 35.5. The van der Waals surface area contributed by atoms with Gasteiger partial charge in [-0.15, -0.1) is 0 Å². The predicted octanol–water partition coefficient (Wildman–Crippen LogP) is 3.03. The minimum absolute atomic E-state index is 0.0964. The second-order valence-corrected chi connectivity index (χ2v) is 3.74. The second-order valence-electron chi connectivity index (χ2n) is 3.33. The summed E-state index contributed by atoms with van der Waals surface area (Å²) in [7, 11) is 0. The van der Waals surface area contributed by atoms with E-state index in [1.165, 1.54) is 12.3 Å². The maximum atomic E-state index is 12.6. The van der Waals surface area contributed by atoms with Crippen molar-refractivity contribution in [3.05, 3.63) is 53.1 Å². The Morgan fingerprint density at radius 1 is 1.19 bits per heavy atom. The molecule has 1 heterocycles. The molecule has 4 heteroatoms. The zero-order valence-electron chi connectivity index (χ0n) is 8.32. The first kappa shape index (κ1) is 11.0. The van der Waals surface area contributed by atoms with E-state index in [0.29, 0.717) is 10.6 Å². The van der Waals surface area contributed by atoms with Crippen LogP contribution in [-0.2, 0) is 6.61 Å². The van der Waals surface area contributed by atoms with E-state index in [9.17, 15) is 4.39 Å². The van der Waals surface area contributed by atoms with Crippen LogP contribution in [0.4, 0.5) is 4.39 Å². The molecule has 0 spiro atoms. The average Bonchev–Trinajstić information content (AvgIpc) is 2.30. The van der Waals surface area contributed by atoms with Crippen LogP contribution in [-0.4, -0.2) is 10.1 Å². The fourth-order valence-electron chi connectivity index (χ4n) is 1.40. The van der Waals surface area contributed by atoms with Crippen molar-refractivity contribution in [2.45, 2.75) is 6.61 Å². The van der Waals surface area contributed by atoms with Gasteiger partial charge in [-0.05, 0) is 29.3 Å². The van der Waals surface area contributed by atoms with Crippen molar-refractivity contribution in [1.82, 2.24) is 4.98 Å².